The first kappa shape index (κ1) is 19.1. The van der Waals surface area contributed by atoms with Crippen molar-refractivity contribution in [1.29, 1.82) is 0 Å². The van der Waals surface area contributed by atoms with Crippen molar-refractivity contribution >= 4 is 11.9 Å². The standard InChI is InChI=1S/C16H26O8/c1-9(17)22-13(14(18)19-6)12-11(20-8-15(2,3)24-12)10-7-21-16(4,5)23-10/h10-13H,7-8H2,1-6H3/t10-,11+,12-,13+/m1/s1. The van der Waals surface area contributed by atoms with Crippen LogP contribution in [0.1, 0.15) is 34.6 Å². The molecule has 24 heavy (non-hydrogen) atoms. The van der Waals surface area contributed by atoms with Gasteiger partial charge in [-0.3, -0.25) is 4.79 Å². The number of carbonyl (C=O) groups is 2. The van der Waals surface area contributed by atoms with Crippen LogP contribution >= 0.6 is 0 Å². The van der Waals surface area contributed by atoms with E-state index in [0.717, 1.165) is 0 Å². The molecule has 2 rings (SSSR count). The third-order valence-electron chi connectivity index (χ3n) is 3.82. The van der Waals surface area contributed by atoms with Gasteiger partial charge in [0.15, 0.2) is 5.79 Å². The molecule has 0 spiro atoms. The second-order valence-electron chi connectivity index (χ2n) is 7.04. The fraction of sp³-hybridized carbons (Fsp3) is 0.875. The van der Waals surface area contributed by atoms with Gasteiger partial charge >= 0.3 is 11.9 Å². The van der Waals surface area contributed by atoms with E-state index in [4.69, 9.17) is 28.4 Å². The van der Waals surface area contributed by atoms with E-state index in [0.29, 0.717) is 6.61 Å². The molecule has 4 atom stereocenters. The molecule has 0 unspecified atom stereocenters. The lowest BCUT2D eigenvalue weighted by Crippen LogP contribution is -2.60. The highest BCUT2D eigenvalue weighted by Gasteiger charge is 2.51. The second kappa shape index (κ2) is 6.95. The smallest absolute Gasteiger partial charge is 0.350 e. The maximum absolute atomic E-state index is 12.1. The largest absolute Gasteiger partial charge is 0.466 e. The average Bonchev–Trinajstić information content (AvgIpc) is 2.82. The van der Waals surface area contributed by atoms with Gasteiger partial charge in [0.25, 0.3) is 0 Å². The van der Waals surface area contributed by atoms with Crippen LogP contribution in [0, 0.1) is 0 Å². The Kier molecular flexibility index (Phi) is 5.54. The SMILES string of the molecule is COC(=O)[C@@H](OC(C)=O)[C@@H]1OC(C)(C)CO[C@H]1[C@H]1COC(C)(C)O1. The van der Waals surface area contributed by atoms with Crippen molar-refractivity contribution in [1.82, 2.24) is 0 Å². The molecule has 0 N–H and O–H groups in total. The number of methoxy groups -OCH3 is 1. The Labute approximate surface area is 141 Å². The molecule has 2 heterocycles. The monoisotopic (exact) mass is 346 g/mol. The molecule has 0 aromatic rings. The number of hydrogen-bond acceptors (Lipinski definition) is 8. The van der Waals surface area contributed by atoms with Crippen molar-refractivity contribution < 1.29 is 38.0 Å². The van der Waals surface area contributed by atoms with Crippen molar-refractivity contribution in [3.05, 3.63) is 0 Å². The van der Waals surface area contributed by atoms with E-state index < -0.39 is 47.7 Å². The molecule has 0 aromatic heterocycles. The maximum atomic E-state index is 12.1. The minimum Gasteiger partial charge on any atom is -0.466 e. The van der Waals surface area contributed by atoms with Gasteiger partial charge in [-0.15, -0.1) is 0 Å². The summed E-state index contributed by atoms with van der Waals surface area (Å²) >= 11 is 0. The van der Waals surface area contributed by atoms with Crippen LogP contribution in [0.3, 0.4) is 0 Å². The molecule has 2 aliphatic rings. The normalized spacial score (nSPS) is 32.8. The molecule has 2 aliphatic heterocycles. The van der Waals surface area contributed by atoms with E-state index in [9.17, 15) is 9.59 Å². The Morgan fingerprint density at radius 2 is 1.83 bits per heavy atom. The second-order valence-corrected chi connectivity index (χ2v) is 7.04. The summed E-state index contributed by atoms with van der Waals surface area (Å²) in [6.07, 6.45) is -3.20. The molecule has 0 aliphatic carbocycles. The van der Waals surface area contributed by atoms with Gasteiger partial charge in [0, 0.05) is 6.92 Å². The molecule has 8 nitrogen and oxygen atoms in total. The minimum absolute atomic E-state index is 0.284. The first-order valence-electron chi connectivity index (χ1n) is 7.91. The number of carbonyl (C=O) groups excluding carboxylic acids is 2. The summed E-state index contributed by atoms with van der Waals surface area (Å²) in [7, 11) is 1.22. The zero-order chi connectivity index (χ0) is 18.1. The van der Waals surface area contributed by atoms with Gasteiger partial charge in [0.1, 0.15) is 18.3 Å². The summed E-state index contributed by atoms with van der Waals surface area (Å²) in [4.78, 5) is 23.6. The third kappa shape index (κ3) is 4.44. The first-order valence-corrected chi connectivity index (χ1v) is 7.91. The van der Waals surface area contributed by atoms with Crippen LogP contribution in [0.15, 0.2) is 0 Å². The Morgan fingerprint density at radius 3 is 2.33 bits per heavy atom. The number of ether oxygens (including phenoxy) is 6. The highest BCUT2D eigenvalue weighted by atomic mass is 16.8. The molecule has 138 valence electrons. The zero-order valence-corrected chi connectivity index (χ0v) is 15.0. The predicted molar refractivity (Wildman–Crippen MR) is 81.2 cm³/mol. The Balaban J connectivity index is 2.26. The molecule has 0 radical (unpaired) electrons. The lowest BCUT2D eigenvalue weighted by Gasteiger charge is -2.44. The van der Waals surface area contributed by atoms with E-state index in [2.05, 4.69) is 0 Å². The predicted octanol–water partition coefficient (Wildman–Crippen LogP) is 0.805. The Bertz CT molecular complexity index is 486. The molecule has 2 fully saturated rings. The first-order chi connectivity index (χ1) is 11.0. The molecule has 2 saturated heterocycles. The molecular formula is C16H26O8. The van der Waals surface area contributed by atoms with E-state index in [1.165, 1.54) is 14.0 Å². The van der Waals surface area contributed by atoms with E-state index in [1.807, 2.05) is 13.8 Å². The highest BCUT2D eigenvalue weighted by Crippen LogP contribution is 2.34. The summed E-state index contributed by atoms with van der Waals surface area (Å²) in [5.74, 6) is -2.08. The molecular weight excluding hydrogens is 320 g/mol. The maximum Gasteiger partial charge on any atom is 0.350 e. The quantitative estimate of drug-likeness (QED) is 0.691. The summed E-state index contributed by atoms with van der Waals surface area (Å²) in [5, 5.41) is 0. The van der Waals surface area contributed by atoms with E-state index in [-0.39, 0.29) is 6.61 Å². The van der Waals surface area contributed by atoms with Crippen LogP contribution in [-0.4, -0.2) is 68.1 Å². The van der Waals surface area contributed by atoms with Crippen molar-refractivity contribution in [3.63, 3.8) is 0 Å². The van der Waals surface area contributed by atoms with E-state index in [1.54, 1.807) is 13.8 Å². The number of esters is 2. The molecule has 0 amide bonds. The summed E-state index contributed by atoms with van der Waals surface area (Å²) in [5.41, 5.74) is -0.650. The van der Waals surface area contributed by atoms with Crippen molar-refractivity contribution in [3.8, 4) is 0 Å². The van der Waals surface area contributed by atoms with Gasteiger partial charge in [-0.1, -0.05) is 0 Å². The summed E-state index contributed by atoms with van der Waals surface area (Å²) < 4.78 is 33.3. The highest BCUT2D eigenvalue weighted by molar-refractivity contribution is 5.79. The zero-order valence-electron chi connectivity index (χ0n) is 15.0. The number of rotatable bonds is 4. The van der Waals surface area contributed by atoms with Crippen molar-refractivity contribution in [2.24, 2.45) is 0 Å². The van der Waals surface area contributed by atoms with Gasteiger partial charge in [-0.25, -0.2) is 4.79 Å². The fourth-order valence-electron chi connectivity index (χ4n) is 2.84. The average molecular weight is 346 g/mol. The van der Waals surface area contributed by atoms with Gasteiger partial charge in [-0.2, -0.15) is 0 Å². The third-order valence-corrected chi connectivity index (χ3v) is 3.82. The Morgan fingerprint density at radius 1 is 1.17 bits per heavy atom. The fourth-order valence-corrected chi connectivity index (χ4v) is 2.84. The van der Waals surface area contributed by atoms with Crippen molar-refractivity contribution in [2.45, 2.75) is 70.4 Å². The number of hydrogen-bond donors (Lipinski definition) is 0. The molecule has 0 saturated carbocycles. The molecule has 8 heteroatoms. The van der Waals surface area contributed by atoms with Crippen LogP contribution in [0.2, 0.25) is 0 Å². The lowest BCUT2D eigenvalue weighted by molar-refractivity contribution is -0.270. The Hall–Kier alpha value is -1.22. The van der Waals surface area contributed by atoms with E-state index >= 15 is 0 Å². The van der Waals surface area contributed by atoms with Gasteiger partial charge in [-0.05, 0) is 27.7 Å². The van der Waals surface area contributed by atoms with Gasteiger partial charge < -0.3 is 28.4 Å². The van der Waals surface area contributed by atoms with Crippen LogP contribution in [0.5, 0.6) is 0 Å². The van der Waals surface area contributed by atoms with Gasteiger partial charge in [0.05, 0.1) is 25.9 Å². The molecule has 0 bridgehead atoms. The lowest BCUT2D eigenvalue weighted by atomic mass is 9.98. The topological polar surface area (TPSA) is 89.5 Å². The molecule has 0 aromatic carbocycles. The minimum atomic E-state index is -1.25. The van der Waals surface area contributed by atoms with Crippen LogP contribution in [0.4, 0.5) is 0 Å². The van der Waals surface area contributed by atoms with Crippen LogP contribution in [0.25, 0.3) is 0 Å². The van der Waals surface area contributed by atoms with Crippen LogP contribution < -0.4 is 0 Å². The summed E-state index contributed by atoms with van der Waals surface area (Å²) in [6, 6.07) is 0. The summed E-state index contributed by atoms with van der Waals surface area (Å²) in [6.45, 7) is 9.05. The van der Waals surface area contributed by atoms with Crippen molar-refractivity contribution in [2.75, 3.05) is 20.3 Å². The van der Waals surface area contributed by atoms with Gasteiger partial charge in [0.2, 0.25) is 6.10 Å². The van der Waals surface area contributed by atoms with Crippen LogP contribution in [-0.2, 0) is 38.0 Å².